The number of hydrogen-bond donors (Lipinski definition) is 1. The van der Waals surface area contributed by atoms with Gasteiger partial charge in [0.1, 0.15) is 5.69 Å². The van der Waals surface area contributed by atoms with Crippen LogP contribution in [0.2, 0.25) is 5.02 Å². The molecule has 4 bridgehead atoms. The smallest absolute Gasteiger partial charge is 0.271 e. The Hall–Kier alpha value is -1.03. The minimum absolute atomic E-state index is 0.0694. The van der Waals surface area contributed by atoms with Gasteiger partial charge in [0.2, 0.25) is 0 Å². The van der Waals surface area contributed by atoms with Gasteiger partial charge in [-0.25, -0.2) is 0 Å². The number of aryl methyl sites for hydroxylation is 1. The minimum Gasteiger partial charge on any atom is -0.350 e. The van der Waals surface area contributed by atoms with E-state index in [0.717, 1.165) is 24.3 Å². The Morgan fingerprint density at radius 3 is 2.45 bits per heavy atom. The van der Waals surface area contributed by atoms with Crippen molar-refractivity contribution in [1.29, 1.82) is 0 Å². The maximum absolute atomic E-state index is 12.5. The van der Waals surface area contributed by atoms with Crippen molar-refractivity contribution in [3.63, 3.8) is 0 Å². The number of carbonyl (C=O) groups excluding carboxylic acids is 1. The molecule has 4 saturated carbocycles. The molecule has 22 heavy (non-hydrogen) atoms. The third kappa shape index (κ3) is 2.36. The first-order chi connectivity index (χ1) is 10.6. The Morgan fingerprint density at radius 1 is 1.32 bits per heavy atom. The van der Waals surface area contributed by atoms with Crippen LogP contribution in [0.15, 0.2) is 6.20 Å². The van der Waals surface area contributed by atoms with E-state index in [1.807, 2.05) is 6.92 Å². The molecular weight excluding hydrogens is 298 g/mol. The maximum atomic E-state index is 12.5. The van der Waals surface area contributed by atoms with Gasteiger partial charge in [0, 0.05) is 13.1 Å². The van der Waals surface area contributed by atoms with E-state index in [0.29, 0.717) is 22.7 Å². The molecule has 0 aromatic carbocycles. The van der Waals surface area contributed by atoms with Crippen LogP contribution in [-0.2, 0) is 6.54 Å². The summed E-state index contributed by atoms with van der Waals surface area (Å²) in [5.41, 5.74) is 0.863. The van der Waals surface area contributed by atoms with Crippen LogP contribution in [0, 0.1) is 23.2 Å². The molecule has 0 spiro atoms. The number of hydrogen-bond acceptors (Lipinski definition) is 2. The molecule has 1 aromatic heterocycles. The van der Waals surface area contributed by atoms with E-state index < -0.39 is 0 Å². The van der Waals surface area contributed by atoms with E-state index in [1.54, 1.807) is 10.9 Å². The average Bonchev–Trinajstić information content (AvgIpc) is 2.84. The lowest BCUT2D eigenvalue weighted by Gasteiger charge is -2.56. The first kappa shape index (κ1) is 14.6. The van der Waals surface area contributed by atoms with Crippen LogP contribution in [0.3, 0.4) is 0 Å². The number of carbonyl (C=O) groups is 1. The highest BCUT2D eigenvalue weighted by Gasteiger charge is 2.50. The number of aromatic nitrogens is 2. The van der Waals surface area contributed by atoms with Crippen LogP contribution in [0.5, 0.6) is 0 Å². The third-order valence-corrected chi connectivity index (χ3v) is 6.38. The molecule has 0 saturated heterocycles. The zero-order chi connectivity index (χ0) is 15.3. The topological polar surface area (TPSA) is 46.9 Å². The summed E-state index contributed by atoms with van der Waals surface area (Å²) in [5.74, 6) is 2.66. The Balaban J connectivity index is 1.46. The molecule has 120 valence electrons. The number of amides is 1. The van der Waals surface area contributed by atoms with Gasteiger partial charge in [-0.3, -0.25) is 9.48 Å². The summed E-state index contributed by atoms with van der Waals surface area (Å²) in [5, 5.41) is 7.78. The van der Waals surface area contributed by atoms with Gasteiger partial charge in [0.25, 0.3) is 5.91 Å². The third-order valence-electron chi connectivity index (χ3n) is 6.10. The zero-order valence-electron chi connectivity index (χ0n) is 13.1. The van der Waals surface area contributed by atoms with E-state index in [9.17, 15) is 4.79 Å². The Kier molecular flexibility index (Phi) is 3.48. The molecule has 1 aromatic rings. The van der Waals surface area contributed by atoms with E-state index in [4.69, 9.17) is 11.6 Å². The molecule has 0 aliphatic heterocycles. The molecule has 0 atom stereocenters. The molecule has 5 rings (SSSR count). The fourth-order valence-corrected chi connectivity index (χ4v) is 5.91. The van der Waals surface area contributed by atoms with Gasteiger partial charge in [-0.1, -0.05) is 11.6 Å². The van der Waals surface area contributed by atoms with Crippen molar-refractivity contribution in [1.82, 2.24) is 15.1 Å². The lowest BCUT2D eigenvalue weighted by Crippen LogP contribution is -2.51. The van der Waals surface area contributed by atoms with E-state index in [-0.39, 0.29) is 5.91 Å². The highest BCUT2D eigenvalue weighted by atomic mass is 35.5. The van der Waals surface area contributed by atoms with E-state index >= 15 is 0 Å². The lowest BCUT2D eigenvalue weighted by molar-refractivity contribution is -0.0503. The first-order valence-electron chi connectivity index (χ1n) is 8.58. The minimum atomic E-state index is -0.0694. The number of nitrogens with one attached hydrogen (secondary N) is 1. The second kappa shape index (κ2) is 5.26. The quantitative estimate of drug-likeness (QED) is 0.922. The molecular formula is C17H24ClN3O. The molecule has 4 nitrogen and oxygen atoms in total. The summed E-state index contributed by atoms with van der Waals surface area (Å²) in [6.45, 7) is 3.44. The van der Waals surface area contributed by atoms with Gasteiger partial charge >= 0.3 is 0 Å². The van der Waals surface area contributed by atoms with Crippen molar-refractivity contribution in [3.8, 4) is 0 Å². The zero-order valence-corrected chi connectivity index (χ0v) is 13.9. The SMILES string of the molecule is CCn1ncc(Cl)c1C(=O)NCC12CC3CC(CC(C3)C1)C2. The number of nitrogens with zero attached hydrogens (tertiary/aromatic N) is 2. The van der Waals surface area contributed by atoms with Crippen LogP contribution < -0.4 is 5.32 Å². The van der Waals surface area contributed by atoms with Crippen LogP contribution >= 0.6 is 11.6 Å². The van der Waals surface area contributed by atoms with Gasteiger partial charge in [-0.05, 0) is 68.6 Å². The summed E-state index contributed by atoms with van der Waals surface area (Å²) < 4.78 is 1.68. The molecule has 4 aliphatic carbocycles. The average molecular weight is 322 g/mol. The first-order valence-corrected chi connectivity index (χ1v) is 8.96. The van der Waals surface area contributed by atoms with Crippen LogP contribution in [0.4, 0.5) is 0 Å². The summed E-state index contributed by atoms with van der Waals surface area (Å²) >= 11 is 6.13. The van der Waals surface area contributed by atoms with Crippen molar-refractivity contribution in [2.75, 3.05) is 6.54 Å². The van der Waals surface area contributed by atoms with Crippen molar-refractivity contribution in [2.45, 2.75) is 52.0 Å². The van der Waals surface area contributed by atoms with Gasteiger partial charge in [-0.15, -0.1) is 0 Å². The van der Waals surface area contributed by atoms with E-state index in [2.05, 4.69) is 10.4 Å². The van der Waals surface area contributed by atoms with Gasteiger partial charge < -0.3 is 5.32 Å². The Morgan fingerprint density at radius 2 is 1.91 bits per heavy atom. The van der Waals surface area contributed by atoms with Gasteiger partial charge in [0.05, 0.1) is 11.2 Å². The molecule has 1 heterocycles. The van der Waals surface area contributed by atoms with Gasteiger partial charge in [0.15, 0.2) is 0 Å². The molecule has 1 N–H and O–H groups in total. The van der Waals surface area contributed by atoms with Crippen molar-refractivity contribution < 1.29 is 4.79 Å². The molecule has 4 fully saturated rings. The maximum Gasteiger partial charge on any atom is 0.271 e. The van der Waals surface area contributed by atoms with E-state index in [1.165, 1.54) is 38.5 Å². The fraction of sp³-hybridized carbons (Fsp3) is 0.765. The largest absolute Gasteiger partial charge is 0.350 e. The second-order valence-corrected chi connectivity index (χ2v) is 8.16. The second-order valence-electron chi connectivity index (χ2n) is 7.76. The molecule has 0 unspecified atom stereocenters. The predicted octanol–water partition coefficient (Wildman–Crippen LogP) is 3.50. The fourth-order valence-electron chi connectivity index (χ4n) is 5.69. The van der Waals surface area contributed by atoms with Crippen LogP contribution in [0.1, 0.15) is 55.9 Å². The van der Waals surface area contributed by atoms with Crippen LogP contribution in [-0.4, -0.2) is 22.2 Å². The monoisotopic (exact) mass is 321 g/mol. The summed E-state index contributed by atoms with van der Waals surface area (Å²) in [6.07, 6.45) is 9.77. The number of halogens is 1. The summed E-state index contributed by atoms with van der Waals surface area (Å²) in [7, 11) is 0. The lowest BCUT2D eigenvalue weighted by atomic mass is 9.49. The standard InChI is InChI=1S/C17H24ClN3O/c1-2-21-15(14(18)9-20-21)16(22)19-10-17-6-11-3-12(7-17)5-13(4-11)8-17/h9,11-13H,2-8,10H2,1H3,(H,19,22). The van der Waals surface area contributed by atoms with Crippen molar-refractivity contribution in [2.24, 2.45) is 23.2 Å². The molecule has 1 amide bonds. The van der Waals surface area contributed by atoms with Crippen molar-refractivity contribution >= 4 is 17.5 Å². The molecule has 4 aliphatic rings. The molecule has 0 radical (unpaired) electrons. The normalized spacial score (nSPS) is 35.8. The summed E-state index contributed by atoms with van der Waals surface area (Å²) in [6, 6.07) is 0. The Bertz CT molecular complexity index is 559. The summed E-state index contributed by atoms with van der Waals surface area (Å²) in [4.78, 5) is 12.5. The predicted molar refractivity (Wildman–Crippen MR) is 85.8 cm³/mol. The highest BCUT2D eigenvalue weighted by molar-refractivity contribution is 6.33. The van der Waals surface area contributed by atoms with Crippen LogP contribution in [0.25, 0.3) is 0 Å². The van der Waals surface area contributed by atoms with Crippen molar-refractivity contribution in [3.05, 3.63) is 16.9 Å². The Labute approximate surface area is 136 Å². The van der Waals surface area contributed by atoms with Gasteiger partial charge in [-0.2, -0.15) is 5.10 Å². The number of rotatable bonds is 4. The highest BCUT2D eigenvalue weighted by Crippen LogP contribution is 2.59. The molecule has 5 heteroatoms.